The minimum absolute atomic E-state index is 0.0245. The van der Waals surface area contributed by atoms with Crippen molar-refractivity contribution in [2.24, 2.45) is 0 Å². The quantitative estimate of drug-likeness (QED) is 0.564. The third kappa shape index (κ3) is 5.91. The number of carbonyl (C=O) groups excluding carboxylic acids is 2. The number of anilines is 1. The summed E-state index contributed by atoms with van der Waals surface area (Å²) in [5.74, 6) is -1.32. The molecule has 0 aliphatic heterocycles. The first-order valence-corrected chi connectivity index (χ1v) is 9.52. The molecule has 0 radical (unpaired) electrons. The molecular weight excluding hydrogens is 385 g/mol. The monoisotopic (exact) mass is 407 g/mol. The van der Waals surface area contributed by atoms with E-state index in [1.165, 1.54) is 25.1 Å². The van der Waals surface area contributed by atoms with Crippen molar-refractivity contribution in [3.05, 3.63) is 95.8 Å². The van der Waals surface area contributed by atoms with Crippen molar-refractivity contribution in [3.8, 4) is 5.75 Å². The van der Waals surface area contributed by atoms with E-state index in [0.717, 1.165) is 11.1 Å². The van der Waals surface area contributed by atoms with Crippen LogP contribution in [-0.4, -0.2) is 24.6 Å². The lowest BCUT2D eigenvalue weighted by Crippen LogP contribution is -2.32. The molecule has 0 bridgehead atoms. The van der Waals surface area contributed by atoms with Gasteiger partial charge in [-0.15, -0.1) is 0 Å². The summed E-state index contributed by atoms with van der Waals surface area (Å²) in [6.45, 7) is 1.07. The highest BCUT2D eigenvalue weighted by Crippen LogP contribution is 2.21. The summed E-state index contributed by atoms with van der Waals surface area (Å²) in [5, 5.41) is 2.39. The zero-order valence-corrected chi connectivity index (χ0v) is 16.5. The number of rotatable bonds is 8. The standard InChI is InChI=1S/C24H22FNO4/c1-17(24(28)26-21-13-7-6-12-20(21)25)30-23(27)16-29-22-14-8-5-11-19(22)15-18-9-3-2-4-10-18/h2-14,17H,15-16H2,1H3,(H,26,28)/t17-/m1/s1. The van der Waals surface area contributed by atoms with Crippen LogP contribution in [0.1, 0.15) is 18.1 Å². The summed E-state index contributed by atoms with van der Waals surface area (Å²) in [6, 6.07) is 23.1. The molecule has 0 heterocycles. The Morgan fingerprint density at radius 3 is 2.37 bits per heavy atom. The fraction of sp³-hybridized carbons (Fsp3) is 0.167. The van der Waals surface area contributed by atoms with Crippen molar-refractivity contribution < 1.29 is 23.5 Å². The van der Waals surface area contributed by atoms with Gasteiger partial charge in [0.2, 0.25) is 0 Å². The second-order valence-electron chi connectivity index (χ2n) is 6.66. The predicted octanol–water partition coefficient (Wildman–Crippen LogP) is 4.37. The van der Waals surface area contributed by atoms with Crippen LogP contribution in [0.5, 0.6) is 5.75 Å². The fourth-order valence-corrected chi connectivity index (χ4v) is 2.82. The molecular formula is C24H22FNO4. The van der Waals surface area contributed by atoms with Gasteiger partial charge in [0, 0.05) is 6.42 Å². The Bertz CT molecular complexity index is 1010. The number of para-hydroxylation sites is 2. The third-order valence-corrected chi connectivity index (χ3v) is 4.36. The molecule has 0 unspecified atom stereocenters. The highest BCUT2D eigenvalue weighted by atomic mass is 19.1. The van der Waals surface area contributed by atoms with Gasteiger partial charge in [-0.3, -0.25) is 4.79 Å². The van der Waals surface area contributed by atoms with Crippen molar-refractivity contribution in [2.45, 2.75) is 19.4 Å². The normalized spacial score (nSPS) is 11.4. The minimum atomic E-state index is -1.10. The number of nitrogens with one attached hydrogen (secondary N) is 1. The highest BCUT2D eigenvalue weighted by Gasteiger charge is 2.19. The van der Waals surface area contributed by atoms with Crippen LogP contribution in [0, 0.1) is 5.82 Å². The van der Waals surface area contributed by atoms with Crippen molar-refractivity contribution in [1.29, 1.82) is 0 Å². The second-order valence-corrected chi connectivity index (χ2v) is 6.66. The molecule has 0 fully saturated rings. The summed E-state index contributed by atoms with van der Waals surface area (Å²) in [4.78, 5) is 24.3. The van der Waals surface area contributed by atoms with Crippen molar-refractivity contribution in [1.82, 2.24) is 0 Å². The number of halogens is 1. The Kier molecular flexibility index (Phi) is 7.16. The maximum absolute atomic E-state index is 13.6. The molecule has 6 heteroatoms. The van der Waals surface area contributed by atoms with E-state index in [9.17, 15) is 14.0 Å². The molecule has 154 valence electrons. The first kappa shape index (κ1) is 21.0. The molecule has 30 heavy (non-hydrogen) atoms. The first-order valence-electron chi connectivity index (χ1n) is 9.52. The number of hydrogen-bond acceptors (Lipinski definition) is 4. The summed E-state index contributed by atoms with van der Waals surface area (Å²) in [7, 11) is 0. The Labute approximate surface area is 174 Å². The van der Waals surface area contributed by atoms with E-state index in [4.69, 9.17) is 9.47 Å². The fourth-order valence-electron chi connectivity index (χ4n) is 2.82. The van der Waals surface area contributed by atoms with Crippen LogP contribution in [0.25, 0.3) is 0 Å². The summed E-state index contributed by atoms with van der Waals surface area (Å²) in [6.07, 6.45) is -0.437. The smallest absolute Gasteiger partial charge is 0.344 e. The Balaban J connectivity index is 1.53. The SMILES string of the molecule is C[C@@H](OC(=O)COc1ccccc1Cc1ccccc1)C(=O)Nc1ccccc1F. The molecule has 3 rings (SSSR count). The zero-order chi connectivity index (χ0) is 21.3. The van der Waals surface area contributed by atoms with Gasteiger partial charge in [-0.1, -0.05) is 60.7 Å². The van der Waals surface area contributed by atoms with Gasteiger partial charge >= 0.3 is 5.97 Å². The molecule has 0 aliphatic carbocycles. The zero-order valence-electron chi connectivity index (χ0n) is 16.5. The number of benzene rings is 3. The van der Waals surface area contributed by atoms with Crippen molar-refractivity contribution in [3.63, 3.8) is 0 Å². The van der Waals surface area contributed by atoms with Gasteiger partial charge in [0.1, 0.15) is 11.6 Å². The molecule has 0 aromatic heterocycles. The molecule has 5 nitrogen and oxygen atoms in total. The molecule has 0 saturated carbocycles. The van der Waals surface area contributed by atoms with Crippen molar-refractivity contribution >= 4 is 17.6 Å². The van der Waals surface area contributed by atoms with Crippen molar-refractivity contribution in [2.75, 3.05) is 11.9 Å². The molecule has 3 aromatic rings. The van der Waals surface area contributed by atoms with E-state index in [1.807, 2.05) is 48.5 Å². The lowest BCUT2D eigenvalue weighted by Gasteiger charge is -2.15. The number of ether oxygens (including phenoxy) is 2. The van der Waals surface area contributed by atoms with E-state index in [1.54, 1.807) is 12.1 Å². The average Bonchev–Trinajstić information content (AvgIpc) is 2.75. The highest BCUT2D eigenvalue weighted by molar-refractivity contribution is 5.95. The van der Waals surface area contributed by atoms with E-state index < -0.39 is 23.8 Å². The van der Waals surface area contributed by atoms with E-state index in [-0.39, 0.29) is 12.3 Å². The van der Waals surface area contributed by atoms with Crippen LogP contribution in [0.4, 0.5) is 10.1 Å². The first-order chi connectivity index (χ1) is 14.5. The molecule has 0 spiro atoms. The molecule has 1 atom stereocenters. The lowest BCUT2D eigenvalue weighted by molar-refractivity contribution is -0.155. The molecule has 1 amide bonds. The maximum Gasteiger partial charge on any atom is 0.344 e. The second kappa shape index (κ2) is 10.2. The molecule has 0 saturated heterocycles. The van der Waals surface area contributed by atoms with Gasteiger partial charge in [-0.25, -0.2) is 9.18 Å². The Morgan fingerprint density at radius 1 is 0.933 bits per heavy atom. The van der Waals surface area contributed by atoms with Crippen LogP contribution in [0.15, 0.2) is 78.9 Å². The Hall–Kier alpha value is -3.67. The molecule has 1 N–H and O–H groups in total. The minimum Gasteiger partial charge on any atom is -0.482 e. The van der Waals surface area contributed by atoms with Gasteiger partial charge in [0.15, 0.2) is 12.7 Å². The summed E-state index contributed by atoms with van der Waals surface area (Å²) < 4.78 is 24.4. The number of carbonyl (C=O) groups is 2. The summed E-state index contributed by atoms with van der Waals surface area (Å²) in [5.41, 5.74) is 2.08. The number of esters is 1. The van der Waals surface area contributed by atoms with Gasteiger partial charge in [-0.05, 0) is 36.2 Å². The van der Waals surface area contributed by atoms with E-state index in [2.05, 4.69) is 5.32 Å². The third-order valence-electron chi connectivity index (χ3n) is 4.36. The van der Waals surface area contributed by atoms with Gasteiger partial charge < -0.3 is 14.8 Å². The van der Waals surface area contributed by atoms with Gasteiger partial charge in [-0.2, -0.15) is 0 Å². The van der Waals surface area contributed by atoms with Crippen LogP contribution in [0.2, 0.25) is 0 Å². The molecule has 0 aliphatic rings. The van der Waals surface area contributed by atoms with Crippen LogP contribution in [0.3, 0.4) is 0 Å². The number of hydrogen-bond donors (Lipinski definition) is 1. The topological polar surface area (TPSA) is 64.6 Å². The maximum atomic E-state index is 13.6. The molecule has 3 aromatic carbocycles. The summed E-state index contributed by atoms with van der Waals surface area (Å²) >= 11 is 0. The lowest BCUT2D eigenvalue weighted by atomic mass is 10.0. The Morgan fingerprint density at radius 2 is 1.60 bits per heavy atom. The number of amides is 1. The van der Waals surface area contributed by atoms with Gasteiger partial charge in [0.25, 0.3) is 5.91 Å². The van der Waals surface area contributed by atoms with Crippen LogP contribution < -0.4 is 10.1 Å². The predicted molar refractivity (Wildman–Crippen MR) is 112 cm³/mol. The van der Waals surface area contributed by atoms with Crippen LogP contribution >= 0.6 is 0 Å². The van der Waals surface area contributed by atoms with Crippen LogP contribution in [-0.2, 0) is 20.7 Å². The van der Waals surface area contributed by atoms with E-state index >= 15 is 0 Å². The van der Waals surface area contributed by atoms with Gasteiger partial charge in [0.05, 0.1) is 5.69 Å². The average molecular weight is 407 g/mol. The van der Waals surface area contributed by atoms with E-state index in [0.29, 0.717) is 12.2 Å². The largest absolute Gasteiger partial charge is 0.482 e.